The first-order valence-corrected chi connectivity index (χ1v) is 5.88. The summed E-state index contributed by atoms with van der Waals surface area (Å²) in [6.45, 7) is 3.68. The van der Waals surface area contributed by atoms with Crippen LogP contribution in [0.25, 0.3) is 0 Å². The number of aliphatic hydroxyl groups is 1. The Morgan fingerprint density at radius 2 is 1.94 bits per heavy atom. The molecule has 0 aliphatic rings. The van der Waals surface area contributed by atoms with Crippen molar-refractivity contribution in [3.05, 3.63) is 20.8 Å². The molecule has 1 heterocycles. The molecule has 0 fully saturated rings. The molecule has 0 unspecified atom stereocenters. The highest BCUT2D eigenvalue weighted by Crippen LogP contribution is 2.22. The van der Waals surface area contributed by atoms with Gasteiger partial charge in [-0.2, -0.15) is 0 Å². The third-order valence-electron chi connectivity index (χ3n) is 3.42. The standard InChI is InChI=1S/C11H20N4O3/c1-4-11(5-2,6-16)14-7-8(12)15(3)10(18)13-9(7)17/h14,16H,4-6,12H2,1-3H3,(H,13,17,18). The Hall–Kier alpha value is -1.76. The molecule has 0 aromatic carbocycles. The topological polar surface area (TPSA) is 113 Å². The maximum Gasteiger partial charge on any atom is 0.329 e. The second-order valence-corrected chi connectivity index (χ2v) is 4.35. The molecule has 0 aliphatic carbocycles. The number of aliphatic hydroxyl groups excluding tert-OH is 1. The number of H-pyrrole nitrogens is 1. The average Bonchev–Trinajstić information content (AvgIpc) is 2.37. The van der Waals surface area contributed by atoms with Crippen molar-refractivity contribution in [2.45, 2.75) is 32.2 Å². The second-order valence-electron chi connectivity index (χ2n) is 4.35. The van der Waals surface area contributed by atoms with Crippen molar-refractivity contribution in [2.75, 3.05) is 17.7 Å². The number of nitrogens with two attached hydrogens (primary N) is 1. The van der Waals surface area contributed by atoms with Crippen LogP contribution in [0.3, 0.4) is 0 Å². The predicted molar refractivity (Wildman–Crippen MR) is 70.7 cm³/mol. The van der Waals surface area contributed by atoms with Crippen LogP contribution < -0.4 is 22.3 Å². The molecule has 1 rings (SSSR count). The van der Waals surface area contributed by atoms with E-state index in [2.05, 4.69) is 10.3 Å². The van der Waals surface area contributed by atoms with Crippen molar-refractivity contribution in [2.24, 2.45) is 7.05 Å². The zero-order chi connectivity index (χ0) is 13.9. The summed E-state index contributed by atoms with van der Waals surface area (Å²) in [5.41, 5.74) is 4.12. The van der Waals surface area contributed by atoms with E-state index in [4.69, 9.17) is 5.73 Å². The number of nitrogens with one attached hydrogen (secondary N) is 2. The number of nitrogen functional groups attached to an aromatic ring is 1. The van der Waals surface area contributed by atoms with E-state index in [-0.39, 0.29) is 18.1 Å². The minimum atomic E-state index is -0.613. The summed E-state index contributed by atoms with van der Waals surface area (Å²) >= 11 is 0. The van der Waals surface area contributed by atoms with Gasteiger partial charge in [-0.05, 0) is 12.8 Å². The Balaban J connectivity index is 3.31. The molecule has 7 nitrogen and oxygen atoms in total. The van der Waals surface area contributed by atoms with Gasteiger partial charge in [-0.1, -0.05) is 13.8 Å². The lowest BCUT2D eigenvalue weighted by Gasteiger charge is -2.32. The SMILES string of the molecule is CCC(CC)(CO)Nc1c(N)n(C)c(=O)[nH]c1=O. The average molecular weight is 256 g/mol. The van der Waals surface area contributed by atoms with Gasteiger partial charge in [0.25, 0.3) is 5.56 Å². The lowest BCUT2D eigenvalue weighted by molar-refractivity contribution is 0.202. The molecular weight excluding hydrogens is 236 g/mol. The molecule has 0 saturated heterocycles. The van der Waals surface area contributed by atoms with E-state index in [1.807, 2.05) is 13.8 Å². The van der Waals surface area contributed by atoms with Gasteiger partial charge in [-0.15, -0.1) is 0 Å². The minimum absolute atomic E-state index is 0.0588. The first-order chi connectivity index (χ1) is 8.40. The maximum atomic E-state index is 11.7. The number of anilines is 2. The van der Waals surface area contributed by atoms with Crippen molar-refractivity contribution in [3.8, 4) is 0 Å². The lowest BCUT2D eigenvalue weighted by atomic mass is 9.93. The van der Waals surface area contributed by atoms with E-state index in [1.165, 1.54) is 7.05 Å². The molecule has 0 aliphatic heterocycles. The number of hydrogen-bond acceptors (Lipinski definition) is 5. The molecule has 5 N–H and O–H groups in total. The zero-order valence-corrected chi connectivity index (χ0v) is 10.9. The van der Waals surface area contributed by atoms with Crippen LogP contribution in [0.1, 0.15) is 26.7 Å². The minimum Gasteiger partial charge on any atom is -0.394 e. The molecule has 0 bridgehead atoms. The smallest absolute Gasteiger partial charge is 0.329 e. The maximum absolute atomic E-state index is 11.7. The molecular formula is C11H20N4O3. The number of aromatic amines is 1. The molecule has 18 heavy (non-hydrogen) atoms. The Bertz CT molecular complexity index is 520. The van der Waals surface area contributed by atoms with Gasteiger partial charge in [-0.25, -0.2) is 4.79 Å². The lowest BCUT2D eigenvalue weighted by Crippen LogP contribution is -2.44. The normalized spacial score (nSPS) is 11.6. The molecule has 0 spiro atoms. The molecule has 0 atom stereocenters. The fourth-order valence-corrected chi connectivity index (χ4v) is 1.71. The molecule has 102 valence electrons. The summed E-state index contributed by atoms with van der Waals surface area (Å²) in [5.74, 6) is 0.0588. The van der Waals surface area contributed by atoms with Gasteiger partial charge < -0.3 is 16.2 Å². The van der Waals surface area contributed by atoms with Crippen LogP contribution in [-0.4, -0.2) is 26.8 Å². The number of nitrogens with zero attached hydrogens (tertiary/aromatic N) is 1. The summed E-state index contributed by atoms with van der Waals surface area (Å²) in [6, 6.07) is 0. The third kappa shape index (κ3) is 2.40. The largest absolute Gasteiger partial charge is 0.394 e. The van der Waals surface area contributed by atoms with Crippen molar-refractivity contribution >= 4 is 11.5 Å². The van der Waals surface area contributed by atoms with Gasteiger partial charge in [-0.3, -0.25) is 14.3 Å². The number of hydrogen-bond donors (Lipinski definition) is 4. The summed E-state index contributed by atoms with van der Waals surface area (Å²) in [7, 11) is 1.47. The highest BCUT2D eigenvalue weighted by Gasteiger charge is 2.27. The fourth-order valence-electron chi connectivity index (χ4n) is 1.71. The van der Waals surface area contributed by atoms with Crippen LogP contribution in [-0.2, 0) is 7.05 Å². The highest BCUT2D eigenvalue weighted by atomic mass is 16.3. The van der Waals surface area contributed by atoms with Crippen molar-refractivity contribution < 1.29 is 5.11 Å². The van der Waals surface area contributed by atoms with Crippen LogP contribution >= 0.6 is 0 Å². The molecule has 0 saturated carbocycles. The zero-order valence-electron chi connectivity index (χ0n) is 10.9. The molecule has 0 radical (unpaired) electrons. The summed E-state index contributed by atoms with van der Waals surface area (Å²) in [6.07, 6.45) is 1.25. The van der Waals surface area contributed by atoms with Crippen LogP contribution in [0.15, 0.2) is 9.59 Å². The van der Waals surface area contributed by atoms with Gasteiger partial charge in [0.15, 0.2) is 0 Å². The van der Waals surface area contributed by atoms with Crippen LogP contribution in [0.2, 0.25) is 0 Å². The van der Waals surface area contributed by atoms with Gasteiger partial charge in [0.05, 0.1) is 12.1 Å². The molecule has 1 aromatic heterocycles. The van der Waals surface area contributed by atoms with E-state index in [0.29, 0.717) is 12.8 Å². The third-order valence-corrected chi connectivity index (χ3v) is 3.42. The highest BCUT2D eigenvalue weighted by molar-refractivity contribution is 5.61. The molecule has 7 heteroatoms. The fraction of sp³-hybridized carbons (Fsp3) is 0.636. The first kappa shape index (κ1) is 14.3. The van der Waals surface area contributed by atoms with E-state index >= 15 is 0 Å². The van der Waals surface area contributed by atoms with E-state index < -0.39 is 16.8 Å². The van der Waals surface area contributed by atoms with E-state index in [9.17, 15) is 14.7 Å². The molecule has 0 amide bonds. The monoisotopic (exact) mass is 256 g/mol. The van der Waals surface area contributed by atoms with Crippen molar-refractivity contribution in [1.82, 2.24) is 9.55 Å². The number of rotatable bonds is 5. The van der Waals surface area contributed by atoms with E-state index in [0.717, 1.165) is 4.57 Å². The van der Waals surface area contributed by atoms with Crippen molar-refractivity contribution in [1.29, 1.82) is 0 Å². The summed E-state index contributed by atoms with van der Waals surface area (Å²) in [4.78, 5) is 25.3. The van der Waals surface area contributed by atoms with Gasteiger partial charge in [0.1, 0.15) is 11.5 Å². The van der Waals surface area contributed by atoms with Gasteiger partial charge in [0.2, 0.25) is 0 Å². The van der Waals surface area contributed by atoms with Crippen LogP contribution in [0.4, 0.5) is 11.5 Å². The van der Waals surface area contributed by atoms with Crippen LogP contribution in [0, 0.1) is 0 Å². The Morgan fingerprint density at radius 3 is 2.39 bits per heavy atom. The summed E-state index contributed by atoms with van der Waals surface area (Å²) in [5, 5.41) is 12.4. The molecule has 1 aromatic rings. The van der Waals surface area contributed by atoms with Gasteiger partial charge in [0, 0.05) is 7.05 Å². The van der Waals surface area contributed by atoms with Crippen molar-refractivity contribution in [3.63, 3.8) is 0 Å². The van der Waals surface area contributed by atoms with Gasteiger partial charge >= 0.3 is 5.69 Å². The number of aromatic nitrogens is 2. The predicted octanol–water partition coefficient (Wildman–Crippen LogP) is -0.381. The van der Waals surface area contributed by atoms with Crippen LogP contribution in [0.5, 0.6) is 0 Å². The summed E-state index contributed by atoms with van der Waals surface area (Å²) < 4.78 is 1.15. The Kier molecular flexibility index (Phi) is 4.18. The Labute approximate surface area is 105 Å². The Morgan fingerprint density at radius 1 is 1.39 bits per heavy atom. The quantitative estimate of drug-likeness (QED) is 0.573. The second kappa shape index (κ2) is 5.26. The first-order valence-electron chi connectivity index (χ1n) is 5.88. The van der Waals surface area contributed by atoms with E-state index in [1.54, 1.807) is 0 Å².